The van der Waals surface area contributed by atoms with Gasteiger partial charge in [-0.05, 0) is 171 Å². The number of carboxylic acids is 1. The summed E-state index contributed by atoms with van der Waals surface area (Å²) in [5.41, 5.74) is 3.96. The molecule has 4 aliphatic heterocycles. The van der Waals surface area contributed by atoms with Crippen LogP contribution in [0, 0.1) is 39.7 Å². The lowest BCUT2D eigenvalue weighted by Gasteiger charge is -2.51. The number of carbonyl (C=O) groups is 4. The fourth-order valence-corrected chi connectivity index (χ4v) is 17.0. The molecule has 10 N–H and O–H groups in total. The third kappa shape index (κ3) is 11.5. The van der Waals surface area contributed by atoms with Gasteiger partial charge in [-0.25, -0.2) is 8.78 Å². The summed E-state index contributed by atoms with van der Waals surface area (Å²) in [6.45, 7) is 8.32. The molecule has 8 aliphatic rings. The van der Waals surface area contributed by atoms with Gasteiger partial charge >= 0.3 is 5.97 Å². The molecule has 4 spiro atoms. The van der Waals surface area contributed by atoms with Crippen LogP contribution < -0.4 is 21.7 Å². The van der Waals surface area contributed by atoms with Gasteiger partial charge in [-0.15, -0.1) is 12.4 Å². The van der Waals surface area contributed by atoms with E-state index in [1.807, 2.05) is 6.07 Å². The van der Waals surface area contributed by atoms with Crippen LogP contribution in [0.1, 0.15) is 165 Å². The van der Waals surface area contributed by atoms with Gasteiger partial charge in [-0.2, -0.15) is 0 Å². The number of nitrogens with two attached hydrogens (primary N) is 1. The van der Waals surface area contributed by atoms with Crippen molar-refractivity contribution in [3.05, 3.63) is 127 Å². The number of carboxylic acid groups (broad SMARTS) is 1. The Morgan fingerprint density at radius 3 is 1.65 bits per heavy atom. The number of aliphatic carboxylic acids is 1. The maximum absolute atomic E-state index is 16.1. The monoisotopic (exact) mass is 1290 g/mol. The van der Waals surface area contributed by atoms with Gasteiger partial charge in [0.25, 0.3) is 0 Å². The number of anilines is 2. The van der Waals surface area contributed by atoms with Crippen LogP contribution in [0.2, 0.25) is 20.1 Å². The average Bonchev–Trinajstić information content (AvgIpc) is 1.52. The molecule has 4 saturated carbocycles. The maximum Gasteiger partial charge on any atom is 0.321 e. The molecule has 2 saturated heterocycles. The Hall–Kier alpha value is -4.01. The number of ketones is 1. The Morgan fingerprint density at radius 1 is 0.663 bits per heavy atom. The Kier molecular flexibility index (Phi) is 19.0. The Bertz CT molecular complexity index is 3240. The molecule has 0 aromatic heterocycles. The van der Waals surface area contributed by atoms with Crippen LogP contribution in [0.25, 0.3) is 0 Å². The standard InChI is InChI=1S/C33H38Cl2FNO5.C25H25Cl2FN2O3.C7H15NO2.ClH/c1-30(2)10-12-31(13-11-30)16-22(26(39)14-19-8-9-32(41,18-38)42-17-19)27(21-4-3-5-24(35)28(21)36)33(31)23-7-6-20(34)15-25(23)37-29(33)40;1-23(2)8-10-24(11-9-23)25(15-7-6-13(26)12-17(15)29-22(25)33)18(20(30-24)21(31)32)14-4-3-5-16(27)19(14)28;8-6-1-3-7(10,5-9)4-2-6;/h3-7,15,19,22,27,38,41H,8-14,16-18H2,1-2H3,(H,37,40);3-7,12,18,20,30H,8-11H2,1-2H3,(H,29,33)(H,31,32);6,9-10H,1-5,8H2;1H/t19-,22-,27-,32+,33+;18-,20+,25-;;/m00../s1. The van der Waals surface area contributed by atoms with Gasteiger partial charge in [0, 0.05) is 63.6 Å². The summed E-state index contributed by atoms with van der Waals surface area (Å²) in [4.78, 5) is 55.6. The first-order valence-corrected chi connectivity index (χ1v) is 31.2. The zero-order chi connectivity index (χ0) is 61.5. The number of ether oxygens (including phenoxy) is 1. The molecule has 4 aromatic carbocycles. The zero-order valence-corrected chi connectivity index (χ0v) is 52.7. The van der Waals surface area contributed by atoms with Crippen LogP contribution in [0.5, 0.6) is 0 Å². The zero-order valence-electron chi connectivity index (χ0n) is 48.9. The van der Waals surface area contributed by atoms with E-state index in [2.05, 4.69) is 43.6 Å². The molecule has 468 valence electrons. The molecular weight excluding hydrogens is 1210 g/mol. The van der Waals surface area contributed by atoms with Crippen molar-refractivity contribution in [2.24, 2.45) is 33.8 Å². The molecule has 2 amide bonds. The van der Waals surface area contributed by atoms with E-state index in [9.17, 15) is 39.6 Å². The lowest BCUT2D eigenvalue weighted by atomic mass is 9.51. The largest absolute Gasteiger partial charge is 0.480 e. The number of Topliss-reactive ketones (excluding diaryl/α,β-unsaturated/α-hetero) is 1. The van der Waals surface area contributed by atoms with Gasteiger partial charge in [-0.3, -0.25) is 24.5 Å². The van der Waals surface area contributed by atoms with E-state index in [-0.39, 0.29) is 100 Å². The van der Waals surface area contributed by atoms with E-state index in [1.165, 1.54) is 18.2 Å². The topological polar surface area (TPSA) is 241 Å². The number of hydrogen-bond donors (Lipinski definition) is 9. The molecule has 4 aromatic rings. The van der Waals surface area contributed by atoms with Gasteiger partial charge in [0.15, 0.2) is 5.79 Å². The number of nitrogens with one attached hydrogen (secondary N) is 3. The Morgan fingerprint density at radius 2 is 1.16 bits per heavy atom. The number of hydrogen-bond acceptors (Lipinski definition) is 11. The van der Waals surface area contributed by atoms with E-state index in [4.69, 9.17) is 62.0 Å². The molecule has 0 bridgehead atoms. The summed E-state index contributed by atoms with van der Waals surface area (Å²) in [5.74, 6) is -7.17. The van der Waals surface area contributed by atoms with Crippen molar-refractivity contribution in [2.75, 3.05) is 30.5 Å². The van der Waals surface area contributed by atoms with Crippen molar-refractivity contribution >= 4 is 93.8 Å². The number of carbonyl (C=O) groups excluding carboxylic acids is 3. The first-order valence-electron chi connectivity index (χ1n) is 29.7. The predicted molar refractivity (Wildman–Crippen MR) is 330 cm³/mol. The molecule has 0 unspecified atom stereocenters. The van der Waals surface area contributed by atoms with Crippen LogP contribution in [-0.2, 0) is 34.7 Å². The summed E-state index contributed by atoms with van der Waals surface area (Å²) < 4.78 is 37.1. The molecular formula is C65H79Cl5F2N4O10. The molecule has 21 heteroatoms. The minimum atomic E-state index is -1.59. The van der Waals surface area contributed by atoms with Crippen molar-refractivity contribution in [3.8, 4) is 0 Å². The minimum absolute atomic E-state index is 0. The Labute approximate surface area is 527 Å². The average molecular weight is 1290 g/mol. The fourth-order valence-electron chi connectivity index (χ4n) is 16.3. The van der Waals surface area contributed by atoms with Gasteiger partial charge < -0.3 is 46.6 Å². The van der Waals surface area contributed by atoms with E-state index >= 15 is 8.78 Å². The van der Waals surface area contributed by atoms with Crippen molar-refractivity contribution < 1.29 is 58.2 Å². The minimum Gasteiger partial charge on any atom is -0.480 e. The second-order valence-electron chi connectivity index (χ2n) is 27.3. The highest BCUT2D eigenvalue weighted by molar-refractivity contribution is 6.32. The van der Waals surface area contributed by atoms with Crippen molar-refractivity contribution in [2.45, 2.75) is 182 Å². The summed E-state index contributed by atoms with van der Waals surface area (Å²) in [5, 5.41) is 58.5. The molecule has 0 radical (unpaired) electrons. The van der Waals surface area contributed by atoms with Crippen molar-refractivity contribution in [1.29, 1.82) is 0 Å². The lowest BCUT2D eigenvalue weighted by Crippen LogP contribution is -2.61. The van der Waals surface area contributed by atoms with Crippen LogP contribution in [0.3, 0.4) is 0 Å². The number of halogens is 7. The molecule has 8 atom stereocenters. The smallest absolute Gasteiger partial charge is 0.321 e. The van der Waals surface area contributed by atoms with Gasteiger partial charge in [0.1, 0.15) is 28.9 Å². The number of benzene rings is 4. The van der Waals surface area contributed by atoms with Gasteiger partial charge in [-0.1, -0.05) is 110 Å². The van der Waals surface area contributed by atoms with E-state index in [0.717, 1.165) is 56.9 Å². The lowest BCUT2D eigenvalue weighted by molar-refractivity contribution is -0.253. The number of aliphatic hydroxyl groups excluding tert-OH is 2. The highest BCUT2D eigenvalue weighted by Gasteiger charge is 2.74. The highest BCUT2D eigenvalue weighted by Crippen LogP contribution is 2.73. The summed E-state index contributed by atoms with van der Waals surface area (Å²) in [6, 6.07) is 19.0. The number of fused-ring (bicyclic) bond motifs is 6. The number of rotatable bonds is 8. The van der Waals surface area contributed by atoms with E-state index in [1.54, 1.807) is 48.5 Å². The third-order valence-electron chi connectivity index (χ3n) is 21.2. The van der Waals surface area contributed by atoms with Crippen LogP contribution in [0.15, 0.2) is 72.8 Å². The van der Waals surface area contributed by atoms with Gasteiger partial charge in [0.05, 0.1) is 40.9 Å². The van der Waals surface area contributed by atoms with Crippen molar-refractivity contribution in [3.63, 3.8) is 0 Å². The molecule has 6 fully saturated rings. The summed E-state index contributed by atoms with van der Waals surface area (Å²) in [6.07, 6.45) is 10.3. The van der Waals surface area contributed by atoms with Gasteiger partial charge in [0.2, 0.25) is 11.8 Å². The first-order chi connectivity index (χ1) is 40.0. The fraction of sp³-hybridized carbons (Fsp3) is 0.569. The predicted octanol–water partition coefficient (Wildman–Crippen LogP) is 12.3. The third-order valence-corrected chi connectivity index (χ3v) is 22.2. The molecule has 14 nitrogen and oxygen atoms in total. The summed E-state index contributed by atoms with van der Waals surface area (Å²) in [7, 11) is 0. The van der Waals surface area contributed by atoms with E-state index in [0.29, 0.717) is 65.5 Å². The second-order valence-corrected chi connectivity index (χ2v) is 29.0. The number of aliphatic hydroxyl groups is 4. The number of amides is 2. The van der Waals surface area contributed by atoms with Crippen LogP contribution in [0.4, 0.5) is 20.2 Å². The maximum atomic E-state index is 16.1. The molecule has 86 heavy (non-hydrogen) atoms. The highest BCUT2D eigenvalue weighted by atomic mass is 35.5. The molecule has 12 rings (SSSR count). The quantitative estimate of drug-likeness (QED) is 0.0801. The Balaban J connectivity index is 0.000000178. The SMILES string of the molecule is CC1(C)CCC2(CC1)C[C@@H](C(=O)C[C@@H]1CC[C@](O)(CO)OC1)[C@H](c1cccc(Cl)c1F)[C@]21C(=O)Nc2cc(Cl)ccc21.CC1(C)CCC2(CC1)N[C@@H](C(=O)O)[C@H](c1cccc(Cl)c1F)[C@@]21C(=O)Nc2cc(Cl)ccc21.Cl.NC1CCC(O)(CO)CC1. The summed E-state index contributed by atoms with van der Waals surface area (Å²) >= 11 is 25.1. The van der Waals surface area contributed by atoms with Crippen LogP contribution >= 0.6 is 58.8 Å². The first kappa shape index (κ1) is 66.4. The van der Waals surface area contributed by atoms with E-state index < -0.39 is 81.2 Å². The van der Waals surface area contributed by atoms with Crippen molar-refractivity contribution in [1.82, 2.24) is 5.32 Å². The molecule has 4 aliphatic carbocycles. The normalized spacial score (nSPS) is 32.3. The second kappa shape index (κ2) is 24.7. The van der Waals surface area contributed by atoms with Crippen LogP contribution in [-0.4, -0.2) is 97.9 Å². The molecule has 4 heterocycles.